The SMILES string of the molecule is CCOC(=O)C1=C(C)N=c2s/c(=C\c3ccc(-c4cccc(C(=O)O)c4)o3)c(=O)n2C1c1ccccc1. The smallest absolute Gasteiger partial charge is 0.338 e. The average molecular weight is 515 g/mol. The van der Waals surface area contributed by atoms with Gasteiger partial charge in [0.2, 0.25) is 0 Å². The largest absolute Gasteiger partial charge is 0.478 e. The minimum absolute atomic E-state index is 0.150. The van der Waals surface area contributed by atoms with E-state index in [1.807, 2.05) is 30.3 Å². The number of nitrogens with zero attached hydrogens (tertiary/aromatic N) is 2. The number of aromatic carboxylic acids is 1. The Morgan fingerprint density at radius 1 is 1.14 bits per heavy atom. The summed E-state index contributed by atoms with van der Waals surface area (Å²) >= 11 is 1.20. The van der Waals surface area contributed by atoms with Crippen molar-refractivity contribution in [1.29, 1.82) is 0 Å². The van der Waals surface area contributed by atoms with Crippen LogP contribution in [0.2, 0.25) is 0 Å². The summed E-state index contributed by atoms with van der Waals surface area (Å²) in [7, 11) is 0. The number of carbonyl (C=O) groups excluding carboxylic acids is 1. The van der Waals surface area contributed by atoms with Crippen LogP contribution in [0.1, 0.15) is 41.6 Å². The molecule has 37 heavy (non-hydrogen) atoms. The molecule has 2 aromatic carbocycles. The van der Waals surface area contributed by atoms with Crippen LogP contribution in [0.15, 0.2) is 92.2 Å². The lowest BCUT2D eigenvalue weighted by molar-refractivity contribution is -0.139. The van der Waals surface area contributed by atoms with Gasteiger partial charge in [0.05, 0.1) is 34.0 Å². The second-order valence-electron chi connectivity index (χ2n) is 8.30. The van der Waals surface area contributed by atoms with Gasteiger partial charge in [0.25, 0.3) is 5.56 Å². The fourth-order valence-electron chi connectivity index (χ4n) is 4.26. The number of benzene rings is 2. The van der Waals surface area contributed by atoms with Gasteiger partial charge in [-0.3, -0.25) is 9.36 Å². The number of aromatic nitrogens is 1. The van der Waals surface area contributed by atoms with Gasteiger partial charge in [-0.2, -0.15) is 0 Å². The lowest BCUT2D eigenvalue weighted by atomic mass is 9.96. The third kappa shape index (κ3) is 4.56. The van der Waals surface area contributed by atoms with E-state index in [4.69, 9.17) is 9.15 Å². The van der Waals surface area contributed by atoms with Gasteiger partial charge in [0, 0.05) is 11.6 Å². The minimum atomic E-state index is -1.03. The van der Waals surface area contributed by atoms with Crippen molar-refractivity contribution in [2.75, 3.05) is 6.61 Å². The van der Waals surface area contributed by atoms with E-state index in [-0.39, 0.29) is 17.7 Å². The molecule has 186 valence electrons. The van der Waals surface area contributed by atoms with E-state index in [2.05, 4.69) is 4.99 Å². The Morgan fingerprint density at radius 3 is 2.65 bits per heavy atom. The number of fused-ring (bicyclic) bond motifs is 1. The molecule has 5 rings (SSSR count). The first kappa shape index (κ1) is 24.2. The molecule has 1 N–H and O–H groups in total. The number of esters is 1. The van der Waals surface area contributed by atoms with Crippen LogP contribution >= 0.6 is 11.3 Å². The maximum Gasteiger partial charge on any atom is 0.338 e. The van der Waals surface area contributed by atoms with E-state index in [1.54, 1.807) is 44.2 Å². The molecule has 3 heterocycles. The van der Waals surface area contributed by atoms with Gasteiger partial charge in [-0.1, -0.05) is 53.8 Å². The van der Waals surface area contributed by atoms with Crippen molar-refractivity contribution in [2.24, 2.45) is 4.99 Å². The Bertz CT molecular complexity index is 1730. The number of allylic oxidation sites excluding steroid dienone is 1. The number of hydrogen-bond acceptors (Lipinski definition) is 7. The van der Waals surface area contributed by atoms with Crippen molar-refractivity contribution in [3.05, 3.63) is 115 Å². The molecule has 2 aromatic heterocycles. The number of rotatable bonds is 6. The highest BCUT2D eigenvalue weighted by Crippen LogP contribution is 2.30. The molecule has 1 unspecified atom stereocenters. The summed E-state index contributed by atoms with van der Waals surface area (Å²) < 4.78 is 13.1. The number of thiazole rings is 1. The summed E-state index contributed by atoms with van der Waals surface area (Å²) in [5.41, 5.74) is 2.05. The van der Waals surface area contributed by atoms with Crippen molar-refractivity contribution < 1.29 is 23.8 Å². The van der Waals surface area contributed by atoms with E-state index in [0.717, 1.165) is 5.56 Å². The zero-order valence-corrected chi connectivity index (χ0v) is 20.8. The third-order valence-electron chi connectivity index (χ3n) is 5.93. The Labute approximate surface area is 215 Å². The van der Waals surface area contributed by atoms with Gasteiger partial charge in [-0.05, 0) is 43.7 Å². The molecule has 1 aliphatic heterocycles. The molecule has 1 aliphatic rings. The summed E-state index contributed by atoms with van der Waals surface area (Å²) in [6.45, 7) is 3.68. The van der Waals surface area contributed by atoms with Crippen LogP contribution in [0.25, 0.3) is 17.4 Å². The van der Waals surface area contributed by atoms with Crippen LogP contribution < -0.4 is 14.9 Å². The highest BCUT2D eigenvalue weighted by atomic mass is 32.1. The number of carboxylic acids is 1. The van der Waals surface area contributed by atoms with Crippen molar-refractivity contribution in [3.63, 3.8) is 0 Å². The molecule has 0 spiro atoms. The van der Waals surface area contributed by atoms with Gasteiger partial charge >= 0.3 is 11.9 Å². The molecule has 0 saturated carbocycles. The maximum absolute atomic E-state index is 13.6. The number of hydrogen-bond donors (Lipinski definition) is 1. The predicted molar refractivity (Wildman–Crippen MR) is 138 cm³/mol. The maximum atomic E-state index is 13.6. The number of ether oxygens (including phenoxy) is 1. The minimum Gasteiger partial charge on any atom is -0.478 e. The van der Waals surface area contributed by atoms with Crippen molar-refractivity contribution in [2.45, 2.75) is 19.9 Å². The van der Waals surface area contributed by atoms with Crippen LogP contribution in [0, 0.1) is 0 Å². The standard InChI is InChI=1S/C28H22N2O6S/c1-3-35-27(34)23-16(2)29-28-30(24(23)17-8-5-4-6-9-17)25(31)22(37-28)15-20-12-13-21(36-20)18-10-7-11-19(14-18)26(32)33/h4-15,24H,3H2,1-2H3,(H,32,33)/b22-15-. The van der Waals surface area contributed by atoms with Gasteiger partial charge in [-0.25, -0.2) is 14.6 Å². The first-order chi connectivity index (χ1) is 17.9. The van der Waals surface area contributed by atoms with Crippen molar-refractivity contribution in [1.82, 2.24) is 4.57 Å². The van der Waals surface area contributed by atoms with Crippen LogP contribution in [-0.2, 0) is 9.53 Å². The highest BCUT2D eigenvalue weighted by molar-refractivity contribution is 7.07. The molecule has 0 aliphatic carbocycles. The second kappa shape index (κ2) is 9.87. The zero-order chi connectivity index (χ0) is 26.1. The van der Waals surface area contributed by atoms with Crippen molar-refractivity contribution >= 4 is 29.4 Å². The Morgan fingerprint density at radius 2 is 1.92 bits per heavy atom. The van der Waals surface area contributed by atoms with Gasteiger partial charge in [0.1, 0.15) is 11.5 Å². The van der Waals surface area contributed by atoms with E-state index in [9.17, 15) is 19.5 Å². The third-order valence-corrected chi connectivity index (χ3v) is 6.91. The van der Waals surface area contributed by atoms with E-state index >= 15 is 0 Å². The molecule has 0 saturated heterocycles. The number of carbonyl (C=O) groups is 2. The molecular formula is C28H22N2O6S. The molecule has 8 nitrogen and oxygen atoms in total. The molecule has 0 fully saturated rings. The van der Waals surface area contributed by atoms with Crippen LogP contribution in [0.4, 0.5) is 0 Å². The van der Waals surface area contributed by atoms with Crippen molar-refractivity contribution in [3.8, 4) is 11.3 Å². The second-order valence-corrected chi connectivity index (χ2v) is 9.31. The number of carboxylic acid groups (broad SMARTS) is 1. The molecule has 0 amide bonds. The van der Waals surface area contributed by atoms with Crippen LogP contribution in [0.5, 0.6) is 0 Å². The molecule has 0 bridgehead atoms. The monoisotopic (exact) mass is 514 g/mol. The first-order valence-electron chi connectivity index (χ1n) is 11.6. The number of furan rings is 1. The molecule has 1 atom stereocenters. The van der Waals surface area contributed by atoms with Crippen LogP contribution in [-0.4, -0.2) is 28.2 Å². The summed E-state index contributed by atoms with van der Waals surface area (Å²) in [5.74, 6) is -0.630. The normalized spacial score (nSPS) is 15.3. The summed E-state index contributed by atoms with van der Waals surface area (Å²) in [4.78, 5) is 42.9. The molecule has 0 radical (unpaired) electrons. The lowest BCUT2D eigenvalue weighted by Crippen LogP contribution is -2.39. The first-order valence-corrected chi connectivity index (χ1v) is 12.4. The Kier molecular flexibility index (Phi) is 6.45. The van der Waals surface area contributed by atoms with Gasteiger partial charge in [0.15, 0.2) is 4.80 Å². The van der Waals surface area contributed by atoms with E-state index < -0.39 is 18.0 Å². The lowest BCUT2D eigenvalue weighted by Gasteiger charge is -2.24. The predicted octanol–water partition coefficient (Wildman–Crippen LogP) is 3.76. The highest BCUT2D eigenvalue weighted by Gasteiger charge is 2.33. The van der Waals surface area contributed by atoms with E-state index in [0.29, 0.717) is 37.7 Å². The fraction of sp³-hybridized carbons (Fsp3) is 0.143. The summed E-state index contributed by atoms with van der Waals surface area (Å²) in [6, 6.07) is 18.5. The topological polar surface area (TPSA) is 111 Å². The van der Waals surface area contributed by atoms with Gasteiger partial charge in [-0.15, -0.1) is 0 Å². The average Bonchev–Trinajstić information content (AvgIpc) is 3.48. The van der Waals surface area contributed by atoms with E-state index in [1.165, 1.54) is 28.0 Å². The summed E-state index contributed by atoms with van der Waals surface area (Å²) in [5, 5.41) is 9.26. The Hall–Kier alpha value is -4.50. The molecule has 9 heteroatoms. The Balaban J connectivity index is 1.61. The molecule has 4 aromatic rings. The zero-order valence-electron chi connectivity index (χ0n) is 20.0. The molecular weight excluding hydrogens is 492 g/mol. The van der Waals surface area contributed by atoms with Crippen LogP contribution in [0.3, 0.4) is 0 Å². The summed E-state index contributed by atoms with van der Waals surface area (Å²) in [6.07, 6.45) is 1.62. The quantitative estimate of drug-likeness (QED) is 0.392. The van der Waals surface area contributed by atoms with Gasteiger partial charge < -0.3 is 14.3 Å². The fourth-order valence-corrected chi connectivity index (χ4v) is 5.29.